The summed E-state index contributed by atoms with van der Waals surface area (Å²) >= 11 is 0. The SMILES string of the molecule is CC(C(=O)Cc1ccc(C(C)(C)C)cc1)c1ccccc1. The Morgan fingerprint density at radius 3 is 2.05 bits per heavy atom. The van der Waals surface area contributed by atoms with E-state index in [1.54, 1.807) is 0 Å². The van der Waals surface area contributed by atoms with Crippen molar-refractivity contribution in [2.75, 3.05) is 0 Å². The van der Waals surface area contributed by atoms with Crippen LogP contribution in [0.25, 0.3) is 0 Å². The number of benzene rings is 2. The van der Waals surface area contributed by atoms with Gasteiger partial charge in [0.1, 0.15) is 5.78 Å². The maximum atomic E-state index is 12.4. The first-order valence-corrected chi connectivity index (χ1v) is 7.55. The van der Waals surface area contributed by atoms with Crippen molar-refractivity contribution in [2.24, 2.45) is 0 Å². The zero-order valence-electron chi connectivity index (χ0n) is 13.4. The Bertz CT molecular complexity index is 588. The summed E-state index contributed by atoms with van der Waals surface area (Å²) in [6, 6.07) is 18.4. The minimum Gasteiger partial charge on any atom is -0.299 e. The summed E-state index contributed by atoms with van der Waals surface area (Å²) < 4.78 is 0. The first kappa shape index (κ1) is 15.5. The van der Waals surface area contributed by atoms with Crippen LogP contribution in [0.2, 0.25) is 0 Å². The molecule has 0 saturated carbocycles. The number of carbonyl (C=O) groups excluding carboxylic acids is 1. The first-order chi connectivity index (χ1) is 9.88. The van der Waals surface area contributed by atoms with Gasteiger partial charge in [0.15, 0.2) is 0 Å². The van der Waals surface area contributed by atoms with Gasteiger partial charge in [-0.1, -0.05) is 82.3 Å². The molecule has 0 bridgehead atoms. The Morgan fingerprint density at radius 1 is 0.952 bits per heavy atom. The van der Waals surface area contributed by atoms with Gasteiger partial charge in [-0.05, 0) is 22.1 Å². The lowest BCUT2D eigenvalue weighted by Crippen LogP contribution is -2.13. The van der Waals surface area contributed by atoms with Gasteiger partial charge in [0.05, 0.1) is 0 Å². The number of hydrogen-bond acceptors (Lipinski definition) is 1. The third-order valence-corrected chi connectivity index (χ3v) is 3.98. The molecule has 0 amide bonds. The van der Waals surface area contributed by atoms with Gasteiger partial charge in [-0.3, -0.25) is 4.79 Å². The summed E-state index contributed by atoms with van der Waals surface area (Å²) in [5.41, 5.74) is 3.64. The average Bonchev–Trinajstić information content (AvgIpc) is 2.47. The van der Waals surface area contributed by atoms with Crippen LogP contribution >= 0.6 is 0 Å². The van der Waals surface area contributed by atoms with Crippen LogP contribution < -0.4 is 0 Å². The van der Waals surface area contributed by atoms with Crippen molar-refractivity contribution in [1.82, 2.24) is 0 Å². The zero-order valence-corrected chi connectivity index (χ0v) is 13.4. The van der Waals surface area contributed by atoms with Crippen LogP contribution in [-0.4, -0.2) is 5.78 Å². The molecule has 0 radical (unpaired) electrons. The molecule has 0 aliphatic heterocycles. The molecule has 0 aliphatic rings. The average molecular weight is 280 g/mol. The van der Waals surface area contributed by atoms with Gasteiger partial charge < -0.3 is 0 Å². The van der Waals surface area contributed by atoms with Gasteiger partial charge >= 0.3 is 0 Å². The predicted molar refractivity (Wildman–Crippen MR) is 88.7 cm³/mol. The molecule has 110 valence electrons. The quantitative estimate of drug-likeness (QED) is 0.778. The molecule has 0 spiro atoms. The lowest BCUT2D eigenvalue weighted by atomic mass is 9.86. The van der Waals surface area contributed by atoms with Crippen LogP contribution in [0.5, 0.6) is 0 Å². The minimum atomic E-state index is -0.0477. The van der Waals surface area contributed by atoms with Crippen molar-refractivity contribution < 1.29 is 4.79 Å². The highest BCUT2D eigenvalue weighted by atomic mass is 16.1. The van der Waals surface area contributed by atoms with E-state index in [-0.39, 0.29) is 17.1 Å². The van der Waals surface area contributed by atoms with Gasteiger partial charge in [0.2, 0.25) is 0 Å². The third-order valence-electron chi connectivity index (χ3n) is 3.98. The summed E-state index contributed by atoms with van der Waals surface area (Å²) in [5, 5.41) is 0. The maximum absolute atomic E-state index is 12.4. The fraction of sp³-hybridized carbons (Fsp3) is 0.350. The van der Waals surface area contributed by atoms with Gasteiger partial charge in [0, 0.05) is 12.3 Å². The molecule has 1 unspecified atom stereocenters. The van der Waals surface area contributed by atoms with Crippen LogP contribution in [0.4, 0.5) is 0 Å². The number of carbonyl (C=O) groups is 1. The number of Topliss-reactive ketones (excluding diaryl/α,β-unsaturated/α-hetero) is 1. The molecule has 0 heterocycles. The molecule has 0 fully saturated rings. The van der Waals surface area contributed by atoms with Gasteiger partial charge in [-0.25, -0.2) is 0 Å². The molecule has 0 aliphatic carbocycles. The Kier molecular flexibility index (Phi) is 4.62. The lowest BCUT2D eigenvalue weighted by Gasteiger charge is -2.19. The molecule has 1 heteroatoms. The number of ketones is 1. The highest BCUT2D eigenvalue weighted by Gasteiger charge is 2.16. The Labute approximate surface area is 128 Å². The summed E-state index contributed by atoms with van der Waals surface area (Å²) in [6.45, 7) is 8.58. The highest BCUT2D eigenvalue weighted by Crippen LogP contribution is 2.23. The van der Waals surface area contributed by atoms with E-state index >= 15 is 0 Å². The fourth-order valence-corrected chi connectivity index (χ4v) is 2.40. The largest absolute Gasteiger partial charge is 0.299 e. The second-order valence-corrected chi connectivity index (χ2v) is 6.72. The second kappa shape index (κ2) is 6.26. The second-order valence-electron chi connectivity index (χ2n) is 6.72. The van der Waals surface area contributed by atoms with E-state index in [9.17, 15) is 4.79 Å². The van der Waals surface area contributed by atoms with E-state index in [4.69, 9.17) is 0 Å². The molecule has 1 atom stereocenters. The number of rotatable bonds is 4. The van der Waals surface area contributed by atoms with Crippen molar-refractivity contribution >= 4 is 5.78 Å². The van der Waals surface area contributed by atoms with E-state index in [0.29, 0.717) is 6.42 Å². The molecule has 2 aromatic carbocycles. The van der Waals surface area contributed by atoms with E-state index in [1.807, 2.05) is 37.3 Å². The van der Waals surface area contributed by atoms with E-state index < -0.39 is 0 Å². The van der Waals surface area contributed by atoms with Crippen LogP contribution in [0, 0.1) is 0 Å². The third kappa shape index (κ3) is 4.04. The molecule has 0 saturated heterocycles. The molecule has 21 heavy (non-hydrogen) atoms. The predicted octanol–water partition coefficient (Wildman–Crippen LogP) is 4.90. The smallest absolute Gasteiger partial charge is 0.144 e. The Morgan fingerprint density at radius 2 is 1.52 bits per heavy atom. The molecular formula is C20H24O. The minimum absolute atomic E-state index is 0.0477. The number of hydrogen-bond donors (Lipinski definition) is 0. The van der Waals surface area contributed by atoms with Crippen LogP contribution in [0.1, 0.15) is 50.3 Å². The van der Waals surface area contributed by atoms with Crippen molar-refractivity contribution in [3.05, 3.63) is 71.3 Å². The van der Waals surface area contributed by atoms with Crippen LogP contribution in [0.3, 0.4) is 0 Å². The normalized spacial score (nSPS) is 13.0. The molecule has 2 aromatic rings. The summed E-state index contributed by atoms with van der Waals surface area (Å²) in [5.74, 6) is 0.221. The Balaban J connectivity index is 2.06. The standard InChI is InChI=1S/C20H24O/c1-15(17-8-6-5-7-9-17)19(21)14-16-10-12-18(13-11-16)20(2,3)4/h5-13,15H,14H2,1-4H3. The van der Waals surface area contributed by atoms with Crippen molar-refractivity contribution in [3.63, 3.8) is 0 Å². The van der Waals surface area contributed by atoms with Crippen molar-refractivity contribution in [2.45, 2.75) is 45.4 Å². The summed E-state index contributed by atoms with van der Waals surface area (Å²) in [6.07, 6.45) is 0.500. The van der Waals surface area contributed by atoms with Gasteiger partial charge in [-0.2, -0.15) is 0 Å². The molecular weight excluding hydrogens is 256 g/mol. The lowest BCUT2D eigenvalue weighted by molar-refractivity contribution is -0.119. The highest BCUT2D eigenvalue weighted by molar-refractivity contribution is 5.87. The maximum Gasteiger partial charge on any atom is 0.144 e. The molecule has 0 N–H and O–H groups in total. The topological polar surface area (TPSA) is 17.1 Å². The molecule has 1 nitrogen and oxygen atoms in total. The molecule has 0 aromatic heterocycles. The van der Waals surface area contributed by atoms with Crippen molar-refractivity contribution in [1.29, 1.82) is 0 Å². The molecule has 2 rings (SSSR count). The Hall–Kier alpha value is -1.89. The summed E-state index contributed by atoms with van der Waals surface area (Å²) in [7, 11) is 0. The van der Waals surface area contributed by atoms with Crippen LogP contribution in [-0.2, 0) is 16.6 Å². The summed E-state index contributed by atoms with van der Waals surface area (Å²) in [4.78, 5) is 12.4. The van der Waals surface area contributed by atoms with E-state index in [1.165, 1.54) is 5.56 Å². The van der Waals surface area contributed by atoms with E-state index in [2.05, 4.69) is 45.0 Å². The van der Waals surface area contributed by atoms with Gasteiger partial charge in [-0.15, -0.1) is 0 Å². The fourth-order valence-electron chi connectivity index (χ4n) is 2.40. The first-order valence-electron chi connectivity index (χ1n) is 7.55. The van der Waals surface area contributed by atoms with Crippen molar-refractivity contribution in [3.8, 4) is 0 Å². The van der Waals surface area contributed by atoms with E-state index in [0.717, 1.165) is 11.1 Å². The zero-order chi connectivity index (χ0) is 15.5. The van der Waals surface area contributed by atoms with Gasteiger partial charge in [0.25, 0.3) is 0 Å². The van der Waals surface area contributed by atoms with Crippen LogP contribution in [0.15, 0.2) is 54.6 Å². The monoisotopic (exact) mass is 280 g/mol.